The number of carbonyl (C=O) groups excluding carboxylic acids is 1. The van der Waals surface area contributed by atoms with Crippen LogP contribution in [0.4, 0.5) is 0 Å². The third kappa shape index (κ3) is 3.76. The average molecular weight is 401 g/mol. The number of aromatic nitrogens is 2. The highest BCUT2D eigenvalue weighted by molar-refractivity contribution is 5.88. The predicted octanol–water partition coefficient (Wildman–Crippen LogP) is 3.85. The Morgan fingerprint density at radius 3 is 2.63 bits per heavy atom. The summed E-state index contributed by atoms with van der Waals surface area (Å²) in [5, 5.41) is 2.65. The van der Waals surface area contributed by atoms with Crippen molar-refractivity contribution in [3.63, 3.8) is 0 Å². The third-order valence-corrected chi connectivity index (χ3v) is 5.37. The molecule has 1 aromatic heterocycles. The Hall–Kier alpha value is -3.67. The summed E-state index contributed by atoms with van der Waals surface area (Å²) in [4.78, 5) is 34.1. The van der Waals surface area contributed by atoms with Crippen LogP contribution in [0.2, 0.25) is 0 Å². The maximum atomic E-state index is 13.0. The molecule has 0 aliphatic rings. The van der Waals surface area contributed by atoms with Crippen molar-refractivity contribution < 1.29 is 9.53 Å². The number of carbonyl (C=O) groups is 1. The summed E-state index contributed by atoms with van der Waals surface area (Å²) >= 11 is 0. The number of rotatable bonds is 5. The Morgan fingerprint density at radius 2 is 1.83 bits per heavy atom. The quantitative estimate of drug-likeness (QED) is 0.551. The van der Waals surface area contributed by atoms with Crippen LogP contribution in [-0.4, -0.2) is 34.9 Å². The molecule has 1 amide bonds. The molecular formula is C24H23N3O3. The van der Waals surface area contributed by atoms with E-state index in [9.17, 15) is 9.59 Å². The summed E-state index contributed by atoms with van der Waals surface area (Å²) in [6, 6.07) is 19.0. The van der Waals surface area contributed by atoms with Crippen LogP contribution in [0.5, 0.6) is 5.75 Å². The smallest absolute Gasteiger partial charge is 0.258 e. The number of likely N-dealkylation sites (N-methyl/N-ethyl adjacent to an activating group) is 1. The highest BCUT2D eigenvalue weighted by Gasteiger charge is 2.20. The zero-order valence-electron chi connectivity index (χ0n) is 17.2. The van der Waals surface area contributed by atoms with Crippen molar-refractivity contribution in [2.45, 2.75) is 19.4 Å². The van der Waals surface area contributed by atoms with Crippen molar-refractivity contribution >= 4 is 27.6 Å². The van der Waals surface area contributed by atoms with E-state index in [4.69, 9.17) is 4.74 Å². The molecule has 0 radical (unpaired) electrons. The Balaban J connectivity index is 1.55. The van der Waals surface area contributed by atoms with Gasteiger partial charge in [-0.05, 0) is 47.5 Å². The highest BCUT2D eigenvalue weighted by atomic mass is 16.5. The lowest BCUT2D eigenvalue weighted by molar-refractivity contribution is -0.131. The Morgan fingerprint density at radius 1 is 1.10 bits per heavy atom. The van der Waals surface area contributed by atoms with Crippen LogP contribution in [0.3, 0.4) is 0 Å². The van der Waals surface area contributed by atoms with Gasteiger partial charge in [0.2, 0.25) is 5.91 Å². The van der Waals surface area contributed by atoms with Gasteiger partial charge in [-0.1, -0.05) is 36.4 Å². The molecule has 1 N–H and O–H groups in total. The van der Waals surface area contributed by atoms with Gasteiger partial charge in [0, 0.05) is 7.05 Å². The molecule has 0 saturated heterocycles. The van der Waals surface area contributed by atoms with Gasteiger partial charge in [-0.25, -0.2) is 4.98 Å². The minimum absolute atomic E-state index is 0.0429. The molecule has 0 fully saturated rings. The van der Waals surface area contributed by atoms with Gasteiger partial charge >= 0.3 is 0 Å². The first-order valence-corrected chi connectivity index (χ1v) is 9.77. The van der Waals surface area contributed by atoms with Gasteiger partial charge in [0.1, 0.15) is 11.6 Å². The molecule has 1 unspecified atom stereocenters. The largest absolute Gasteiger partial charge is 0.497 e. The van der Waals surface area contributed by atoms with E-state index >= 15 is 0 Å². The normalized spacial score (nSPS) is 12.1. The molecule has 0 bridgehead atoms. The molecule has 6 heteroatoms. The molecule has 3 aromatic carbocycles. The van der Waals surface area contributed by atoms with Crippen molar-refractivity contribution in [3.8, 4) is 5.75 Å². The van der Waals surface area contributed by atoms with Crippen LogP contribution in [0.15, 0.2) is 65.5 Å². The maximum Gasteiger partial charge on any atom is 0.258 e. The minimum atomic E-state index is -0.325. The number of benzene rings is 3. The molecule has 0 saturated carbocycles. The average Bonchev–Trinajstić information content (AvgIpc) is 2.77. The maximum absolute atomic E-state index is 13.0. The van der Waals surface area contributed by atoms with Crippen molar-refractivity contribution in [3.05, 3.63) is 82.4 Å². The van der Waals surface area contributed by atoms with Crippen LogP contribution in [0.1, 0.15) is 24.2 Å². The molecule has 30 heavy (non-hydrogen) atoms. The van der Waals surface area contributed by atoms with Gasteiger partial charge in [0.15, 0.2) is 0 Å². The first-order valence-electron chi connectivity index (χ1n) is 9.77. The van der Waals surface area contributed by atoms with Crippen molar-refractivity contribution in [1.82, 2.24) is 14.9 Å². The summed E-state index contributed by atoms with van der Waals surface area (Å²) in [6.45, 7) is 2.12. The molecule has 1 heterocycles. The predicted molar refractivity (Wildman–Crippen MR) is 118 cm³/mol. The van der Waals surface area contributed by atoms with Crippen LogP contribution >= 0.6 is 0 Å². The van der Waals surface area contributed by atoms with Gasteiger partial charge in [0.05, 0.1) is 30.5 Å². The number of hydrogen-bond acceptors (Lipinski definition) is 4. The number of para-hydroxylation sites is 1. The molecule has 4 rings (SSSR count). The monoisotopic (exact) mass is 401 g/mol. The highest BCUT2D eigenvalue weighted by Crippen LogP contribution is 2.26. The lowest BCUT2D eigenvalue weighted by atomic mass is 9.96. The fourth-order valence-corrected chi connectivity index (χ4v) is 3.62. The standard InChI is InChI=1S/C24H23N3O3/c1-15(16-8-9-18-13-19(30-3)11-10-17(18)12-16)24(29)27(2)14-22-25-21-7-5-4-6-20(21)23(28)26-22/h4-13,15H,14H2,1-3H3,(H,25,26,28). The van der Waals surface area contributed by atoms with Crippen molar-refractivity contribution in [2.24, 2.45) is 0 Å². The number of H-pyrrole nitrogens is 1. The number of nitrogens with one attached hydrogen (secondary N) is 1. The number of nitrogens with zero attached hydrogens (tertiary/aromatic N) is 2. The second kappa shape index (κ2) is 7.99. The number of hydrogen-bond donors (Lipinski definition) is 1. The lowest BCUT2D eigenvalue weighted by Crippen LogP contribution is -2.31. The number of ether oxygens (including phenoxy) is 1. The van der Waals surface area contributed by atoms with Gasteiger partial charge in [-0.15, -0.1) is 0 Å². The molecule has 0 aliphatic heterocycles. The van der Waals surface area contributed by atoms with E-state index < -0.39 is 0 Å². The molecular weight excluding hydrogens is 378 g/mol. The number of fused-ring (bicyclic) bond motifs is 2. The second-order valence-corrected chi connectivity index (χ2v) is 7.42. The molecule has 1 atom stereocenters. The van der Waals surface area contributed by atoms with Crippen LogP contribution < -0.4 is 10.3 Å². The number of aromatic amines is 1. The van der Waals surface area contributed by atoms with Gasteiger partial charge < -0.3 is 14.6 Å². The number of amides is 1. The first kappa shape index (κ1) is 19.6. The topological polar surface area (TPSA) is 75.3 Å². The molecule has 4 aromatic rings. The minimum Gasteiger partial charge on any atom is -0.497 e. The van der Waals surface area contributed by atoms with Crippen LogP contribution in [0.25, 0.3) is 21.7 Å². The van der Waals surface area contributed by atoms with Gasteiger partial charge in [-0.2, -0.15) is 0 Å². The van der Waals surface area contributed by atoms with E-state index in [1.807, 2.05) is 49.4 Å². The second-order valence-electron chi connectivity index (χ2n) is 7.42. The van der Waals surface area contributed by atoms with Crippen molar-refractivity contribution in [1.29, 1.82) is 0 Å². The zero-order chi connectivity index (χ0) is 21.3. The zero-order valence-corrected chi connectivity index (χ0v) is 17.2. The molecule has 0 aliphatic carbocycles. The lowest BCUT2D eigenvalue weighted by Gasteiger charge is -2.21. The fraction of sp³-hybridized carbons (Fsp3) is 0.208. The summed E-state index contributed by atoms with van der Waals surface area (Å²) in [5.41, 5.74) is 1.36. The van der Waals surface area contributed by atoms with E-state index in [2.05, 4.69) is 9.97 Å². The van der Waals surface area contributed by atoms with E-state index in [0.29, 0.717) is 16.7 Å². The summed E-state index contributed by atoms with van der Waals surface area (Å²) < 4.78 is 5.27. The van der Waals surface area contributed by atoms with E-state index in [-0.39, 0.29) is 23.9 Å². The van der Waals surface area contributed by atoms with Gasteiger partial charge in [-0.3, -0.25) is 9.59 Å². The first-order chi connectivity index (χ1) is 14.5. The van der Waals surface area contributed by atoms with E-state index in [0.717, 1.165) is 22.1 Å². The van der Waals surface area contributed by atoms with Gasteiger partial charge in [0.25, 0.3) is 5.56 Å². The fourth-order valence-electron chi connectivity index (χ4n) is 3.62. The number of methoxy groups -OCH3 is 1. The molecule has 0 spiro atoms. The summed E-state index contributed by atoms with van der Waals surface area (Å²) in [7, 11) is 3.36. The SMILES string of the molecule is COc1ccc2cc(C(C)C(=O)N(C)Cc3nc4ccccc4c(=O)[nH]3)ccc2c1. The molecule has 152 valence electrons. The Kier molecular flexibility index (Phi) is 5.23. The van der Waals surface area contributed by atoms with Crippen LogP contribution in [0, 0.1) is 0 Å². The van der Waals surface area contributed by atoms with Crippen LogP contribution in [-0.2, 0) is 11.3 Å². The van der Waals surface area contributed by atoms with Crippen molar-refractivity contribution in [2.75, 3.05) is 14.2 Å². The van der Waals surface area contributed by atoms with E-state index in [1.165, 1.54) is 0 Å². The Labute approximate surface area is 174 Å². The summed E-state index contributed by atoms with van der Waals surface area (Å²) in [5.74, 6) is 0.899. The van der Waals surface area contributed by atoms with E-state index in [1.54, 1.807) is 37.3 Å². The summed E-state index contributed by atoms with van der Waals surface area (Å²) in [6.07, 6.45) is 0. The third-order valence-electron chi connectivity index (χ3n) is 5.37. The Bertz CT molecular complexity index is 1300. The molecule has 6 nitrogen and oxygen atoms in total.